The van der Waals surface area contributed by atoms with Crippen LogP contribution >= 0.6 is 11.3 Å². The number of ether oxygens (including phenoxy) is 1. The number of amides is 2. The summed E-state index contributed by atoms with van der Waals surface area (Å²) in [5, 5.41) is 1.91. The number of thiophene rings is 1. The van der Waals surface area contributed by atoms with Gasteiger partial charge in [-0.15, -0.1) is 11.3 Å². The van der Waals surface area contributed by atoms with Gasteiger partial charge >= 0.3 is 0 Å². The topological polar surface area (TPSA) is 53.1 Å². The van der Waals surface area contributed by atoms with Crippen molar-refractivity contribution >= 4 is 23.2 Å². The second-order valence-electron chi connectivity index (χ2n) is 7.61. The van der Waals surface area contributed by atoms with Crippen molar-refractivity contribution in [3.8, 4) is 0 Å². The van der Waals surface area contributed by atoms with Crippen LogP contribution in [0, 0.1) is 0 Å². The lowest BCUT2D eigenvalue weighted by Crippen LogP contribution is -2.58. The second-order valence-corrected chi connectivity index (χ2v) is 8.56. The fraction of sp³-hybridized carbons (Fsp3) is 0.684. The molecule has 0 unspecified atom stereocenters. The Balaban J connectivity index is 1.60. The van der Waals surface area contributed by atoms with Gasteiger partial charge in [0, 0.05) is 26.2 Å². The van der Waals surface area contributed by atoms with E-state index in [0.717, 1.165) is 51.9 Å². The molecule has 7 heteroatoms. The standard InChI is InChI=1S/C19H27N3O3S/c1-20-9-11-21(12-10-20)17(23)15-14-25-19(7-3-2-4-8-19)22(15)18(24)16-6-5-13-26-16/h5-6,13,15H,2-4,7-12,14H2,1H3/t15-/m1/s1. The van der Waals surface area contributed by atoms with E-state index in [-0.39, 0.29) is 11.8 Å². The molecule has 0 N–H and O–H groups in total. The van der Waals surface area contributed by atoms with Crippen LogP contribution in [-0.2, 0) is 9.53 Å². The normalized spacial score (nSPS) is 26.4. The molecule has 1 aromatic heterocycles. The highest BCUT2D eigenvalue weighted by Gasteiger charge is 2.53. The first-order valence-electron chi connectivity index (χ1n) is 9.59. The molecular formula is C19H27N3O3S. The van der Waals surface area contributed by atoms with Crippen LogP contribution in [-0.4, -0.2) is 78.1 Å². The fourth-order valence-corrected chi connectivity index (χ4v) is 5.08. The first kappa shape index (κ1) is 17.9. The third kappa shape index (κ3) is 3.17. The molecule has 1 aromatic rings. The number of carbonyl (C=O) groups is 2. The summed E-state index contributed by atoms with van der Waals surface area (Å²) >= 11 is 1.44. The van der Waals surface area contributed by atoms with E-state index < -0.39 is 11.8 Å². The van der Waals surface area contributed by atoms with E-state index in [9.17, 15) is 9.59 Å². The summed E-state index contributed by atoms with van der Waals surface area (Å²) in [6, 6.07) is 3.24. The Hall–Kier alpha value is -1.44. The van der Waals surface area contributed by atoms with Crippen molar-refractivity contribution < 1.29 is 14.3 Å². The number of likely N-dealkylation sites (N-methyl/N-ethyl adjacent to an activating group) is 1. The van der Waals surface area contributed by atoms with Gasteiger partial charge in [0.1, 0.15) is 11.8 Å². The number of piperazine rings is 1. The van der Waals surface area contributed by atoms with Crippen LogP contribution in [0.2, 0.25) is 0 Å². The van der Waals surface area contributed by atoms with Crippen molar-refractivity contribution in [3.05, 3.63) is 22.4 Å². The van der Waals surface area contributed by atoms with Crippen molar-refractivity contribution in [1.29, 1.82) is 0 Å². The monoisotopic (exact) mass is 377 g/mol. The van der Waals surface area contributed by atoms with Gasteiger partial charge in [-0.2, -0.15) is 0 Å². The van der Waals surface area contributed by atoms with Gasteiger partial charge in [0.05, 0.1) is 11.5 Å². The Morgan fingerprint density at radius 2 is 1.88 bits per heavy atom. The van der Waals surface area contributed by atoms with E-state index >= 15 is 0 Å². The van der Waals surface area contributed by atoms with Gasteiger partial charge in [-0.25, -0.2) is 0 Å². The maximum Gasteiger partial charge on any atom is 0.266 e. The van der Waals surface area contributed by atoms with Crippen molar-refractivity contribution in [2.24, 2.45) is 0 Å². The van der Waals surface area contributed by atoms with Crippen LogP contribution in [0.25, 0.3) is 0 Å². The van der Waals surface area contributed by atoms with E-state index in [1.807, 2.05) is 22.4 Å². The van der Waals surface area contributed by atoms with Crippen LogP contribution < -0.4 is 0 Å². The molecule has 1 spiro atoms. The highest BCUT2D eigenvalue weighted by molar-refractivity contribution is 7.12. The Bertz CT molecular complexity index is 649. The number of hydrogen-bond acceptors (Lipinski definition) is 5. The minimum atomic E-state index is -0.591. The molecule has 142 valence electrons. The Kier molecular flexibility index (Phi) is 5.03. The third-order valence-electron chi connectivity index (χ3n) is 5.95. The van der Waals surface area contributed by atoms with Crippen molar-refractivity contribution in [2.75, 3.05) is 39.8 Å². The summed E-state index contributed by atoms with van der Waals surface area (Å²) in [6.45, 7) is 3.52. The summed E-state index contributed by atoms with van der Waals surface area (Å²) in [5.74, 6) is -0.00247. The number of nitrogens with zero attached hydrogens (tertiary/aromatic N) is 3. The van der Waals surface area contributed by atoms with Gasteiger partial charge in [-0.3, -0.25) is 14.5 Å². The maximum absolute atomic E-state index is 13.3. The van der Waals surface area contributed by atoms with E-state index in [4.69, 9.17) is 4.74 Å². The zero-order chi connectivity index (χ0) is 18.1. The molecule has 1 atom stereocenters. The lowest BCUT2D eigenvalue weighted by Gasteiger charge is -2.42. The minimum Gasteiger partial charge on any atom is -0.353 e. The van der Waals surface area contributed by atoms with Crippen LogP contribution in [0.3, 0.4) is 0 Å². The summed E-state index contributed by atoms with van der Waals surface area (Å²) in [7, 11) is 2.07. The van der Waals surface area contributed by atoms with E-state index in [1.54, 1.807) is 4.90 Å². The van der Waals surface area contributed by atoms with Gasteiger partial charge in [0.2, 0.25) is 5.91 Å². The molecule has 0 bridgehead atoms. The zero-order valence-electron chi connectivity index (χ0n) is 15.4. The quantitative estimate of drug-likeness (QED) is 0.791. The Labute approximate surface area is 158 Å². The van der Waals surface area contributed by atoms with Gasteiger partial charge in [0.15, 0.2) is 0 Å². The highest BCUT2D eigenvalue weighted by Crippen LogP contribution is 2.42. The molecule has 6 nitrogen and oxygen atoms in total. The van der Waals surface area contributed by atoms with Crippen LogP contribution in [0.4, 0.5) is 0 Å². The predicted molar refractivity (Wildman–Crippen MR) is 100 cm³/mol. The smallest absolute Gasteiger partial charge is 0.266 e. The van der Waals surface area contributed by atoms with Gasteiger partial charge in [-0.05, 0) is 44.2 Å². The third-order valence-corrected chi connectivity index (χ3v) is 6.80. The van der Waals surface area contributed by atoms with Gasteiger partial charge < -0.3 is 14.5 Å². The molecule has 2 saturated heterocycles. The highest BCUT2D eigenvalue weighted by atomic mass is 32.1. The molecule has 3 aliphatic rings. The average molecular weight is 378 g/mol. The van der Waals surface area contributed by atoms with Gasteiger partial charge in [-0.1, -0.05) is 12.5 Å². The Morgan fingerprint density at radius 3 is 2.54 bits per heavy atom. The lowest BCUT2D eigenvalue weighted by atomic mass is 9.90. The summed E-state index contributed by atoms with van der Waals surface area (Å²) in [6.07, 6.45) is 4.92. The molecule has 3 heterocycles. The lowest BCUT2D eigenvalue weighted by molar-refractivity contribution is -0.138. The molecular weight excluding hydrogens is 350 g/mol. The van der Waals surface area contributed by atoms with E-state index in [2.05, 4.69) is 11.9 Å². The summed E-state index contributed by atoms with van der Waals surface area (Å²) in [5.41, 5.74) is -0.591. The van der Waals surface area contributed by atoms with E-state index in [1.165, 1.54) is 17.8 Å². The first-order valence-corrected chi connectivity index (χ1v) is 10.5. The van der Waals surface area contributed by atoms with Crippen molar-refractivity contribution in [1.82, 2.24) is 14.7 Å². The molecule has 1 saturated carbocycles. The first-order chi connectivity index (χ1) is 12.6. The van der Waals surface area contributed by atoms with Crippen molar-refractivity contribution in [3.63, 3.8) is 0 Å². The molecule has 0 aromatic carbocycles. The molecule has 2 aliphatic heterocycles. The summed E-state index contributed by atoms with van der Waals surface area (Å²) in [4.78, 5) is 33.2. The largest absolute Gasteiger partial charge is 0.353 e. The minimum absolute atomic E-state index is 0.0467. The number of carbonyl (C=O) groups excluding carboxylic acids is 2. The molecule has 0 radical (unpaired) electrons. The molecule has 26 heavy (non-hydrogen) atoms. The zero-order valence-corrected chi connectivity index (χ0v) is 16.2. The number of rotatable bonds is 2. The fourth-order valence-electron chi connectivity index (χ4n) is 4.42. The predicted octanol–water partition coefficient (Wildman–Crippen LogP) is 2.02. The SMILES string of the molecule is CN1CCN(C(=O)[C@H]2COC3(CCCCC3)N2C(=O)c2cccs2)CC1. The Morgan fingerprint density at radius 1 is 1.15 bits per heavy atom. The van der Waals surface area contributed by atoms with E-state index in [0.29, 0.717) is 11.5 Å². The van der Waals surface area contributed by atoms with Crippen LogP contribution in [0.5, 0.6) is 0 Å². The second kappa shape index (κ2) is 7.29. The van der Waals surface area contributed by atoms with Crippen LogP contribution in [0.1, 0.15) is 41.8 Å². The molecule has 3 fully saturated rings. The molecule has 1 aliphatic carbocycles. The summed E-state index contributed by atoms with van der Waals surface area (Å²) < 4.78 is 6.21. The average Bonchev–Trinajstić information content (AvgIpc) is 3.31. The molecule has 2 amide bonds. The molecule has 4 rings (SSSR count). The van der Waals surface area contributed by atoms with Crippen LogP contribution in [0.15, 0.2) is 17.5 Å². The number of hydrogen-bond donors (Lipinski definition) is 0. The van der Waals surface area contributed by atoms with Crippen molar-refractivity contribution in [2.45, 2.75) is 43.9 Å². The maximum atomic E-state index is 13.3. The van der Waals surface area contributed by atoms with Gasteiger partial charge in [0.25, 0.3) is 5.91 Å².